The van der Waals surface area contributed by atoms with Crippen molar-refractivity contribution in [3.63, 3.8) is 0 Å². The van der Waals surface area contributed by atoms with Crippen molar-refractivity contribution in [2.45, 2.75) is 45.3 Å². The van der Waals surface area contributed by atoms with E-state index in [9.17, 15) is 20.3 Å². The SMILES string of the molecule is C[C@@](CO)(CCc1cc(Br)c(O[C@H]2CCc3c(-c4cccc(-c5ccc(C6=NCCN6)cc5)c4Cl)cccc32)nc1OCc1cncc(C#N)c1)C(=O)O. The summed E-state index contributed by atoms with van der Waals surface area (Å²) >= 11 is 10.8. The zero-order valence-electron chi connectivity index (χ0n) is 29.5. The summed E-state index contributed by atoms with van der Waals surface area (Å²) in [6.07, 6.45) is 4.69. The molecule has 0 spiro atoms. The molecule has 3 N–H and O–H groups in total. The van der Waals surface area contributed by atoms with Crippen LogP contribution in [0.2, 0.25) is 5.02 Å². The number of aryl methyl sites for hydroxylation is 1. The van der Waals surface area contributed by atoms with Gasteiger partial charge in [0.15, 0.2) is 0 Å². The van der Waals surface area contributed by atoms with Crippen LogP contribution in [0.3, 0.4) is 0 Å². The molecule has 274 valence electrons. The van der Waals surface area contributed by atoms with E-state index in [0.717, 1.165) is 70.7 Å². The molecule has 0 saturated heterocycles. The minimum Gasteiger partial charge on any atom is -0.481 e. The number of aliphatic hydroxyl groups is 1. The molecule has 0 unspecified atom stereocenters. The van der Waals surface area contributed by atoms with E-state index >= 15 is 0 Å². The average Bonchev–Trinajstić information content (AvgIpc) is 3.89. The van der Waals surface area contributed by atoms with Crippen LogP contribution in [-0.4, -0.2) is 51.7 Å². The molecule has 2 atom stereocenters. The van der Waals surface area contributed by atoms with Crippen LogP contribution in [0, 0.1) is 16.7 Å². The molecule has 10 nitrogen and oxygen atoms in total. The predicted molar refractivity (Wildman–Crippen MR) is 210 cm³/mol. The largest absolute Gasteiger partial charge is 0.481 e. The Morgan fingerprint density at radius 3 is 2.56 bits per heavy atom. The van der Waals surface area contributed by atoms with E-state index in [4.69, 9.17) is 26.1 Å². The molecule has 1 aliphatic carbocycles. The highest BCUT2D eigenvalue weighted by atomic mass is 79.9. The van der Waals surface area contributed by atoms with Crippen molar-refractivity contribution in [2.75, 3.05) is 19.7 Å². The van der Waals surface area contributed by atoms with Gasteiger partial charge in [-0.25, -0.2) is 0 Å². The van der Waals surface area contributed by atoms with Gasteiger partial charge in [0.25, 0.3) is 0 Å². The first-order valence-electron chi connectivity index (χ1n) is 17.6. The molecular formula is C42H37BrClN5O5. The van der Waals surface area contributed by atoms with E-state index in [1.54, 1.807) is 12.3 Å². The lowest BCUT2D eigenvalue weighted by Gasteiger charge is -2.23. The lowest BCUT2D eigenvalue weighted by Crippen LogP contribution is -2.32. The van der Waals surface area contributed by atoms with Gasteiger partial charge in [0.05, 0.1) is 33.6 Å². The van der Waals surface area contributed by atoms with Crippen molar-refractivity contribution in [1.82, 2.24) is 15.3 Å². The number of hydrogen-bond acceptors (Lipinski definition) is 9. The average molecular weight is 807 g/mol. The molecule has 0 radical (unpaired) electrons. The molecule has 0 saturated carbocycles. The molecule has 2 aliphatic rings. The summed E-state index contributed by atoms with van der Waals surface area (Å²) < 4.78 is 13.4. The van der Waals surface area contributed by atoms with E-state index in [0.29, 0.717) is 32.1 Å². The maximum Gasteiger partial charge on any atom is 0.311 e. The molecule has 12 heteroatoms. The third-order valence-corrected chi connectivity index (χ3v) is 11.0. The van der Waals surface area contributed by atoms with E-state index in [1.165, 1.54) is 13.1 Å². The number of carbonyl (C=O) groups is 1. The number of aliphatic carboxylic acids is 1. The lowest BCUT2D eigenvalue weighted by molar-refractivity contribution is -0.150. The number of carboxylic acid groups (broad SMARTS) is 1. The van der Waals surface area contributed by atoms with Crippen LogP contribution in [0.1, 0.15) is 59.3 Å². The van der Waals surface area contributed by atoms with Crippen LogP contribution in [-0.2, 0) is 24.2 Å². The Morgan fingerprint density at radius 1 is 1.06 bits per heavy atom. The smallest absolute Gasteiger partial charge is 0.311 e. The van der Waals surface area contributed by atoms with Crippen molar-refractivity contribution < 1.29 is 24.5 Å². The normalized spacial score (nSPS) is 15.8. The summed E-state index contributed by atoms with van der Waals surface area (Å²) in [5.41, 5.74) is 7.60. The Labute approximate surface area is 326 Å². The number of carboxylic acids is 1. The number of pyridine rings is 2. The third-order valence-electron chi connectivity index (χ3n) is 10.00. The fourth-order valence-electron chi connectivity index (χ4n) is 6.81. The summed E-state index contributed by atoms with van der Waals surface area (Å²) in [6, 6.07) is 26.2. The molecule has 5 aromatic rings. The van der Waals surface area contributed by atoms with Crippen LogP contribution < -0.4 is 14.8 Å². The van der Waals surface area contributed by atoms with Crippen LogP contribution in [0.4, 0.5) is 0 Å². The molecule has 2 aromatic heterocycles. The zero-order valence-corrected chi connectivity index (χ0v) is 31.8. The van der Waals surface area contributed by atoms with Crippen LogP contribution >= 0.6 is 27.5 Å². The van der Waals surface area contributed by atoms with Gasteiger partial charge in [-0.05, 0) is 82.9 Å². The predicted octanol–water partition coefficient (Wildman–Crippen LogP) is 8.11. The topological polar surface area (TPSA) is 150 Å². The van der Waals surface area contributed by atoms with Gasteiger partial charge >= 0.3 is 5.97 Å². The minimum absolute atomic E-state index is 0.0753. The Morgan fingerprint density at radius 2 is 1.81 bits per heavy atom. The van der Waals surface area contributed by atoms with Gasteiger partial charge in [0.1, 0.15) is 24.6 Å². The van der Waals surface area contributed by atoms with Crippen LogP contribution in [0.15, 0.2) is 94.7 Å². The summed E-state index contributed by atoms with van der Waals surface area (Å²) in [4.78, 5) is 25.4. The second kappa shape index (κ2) is 16.0. The molecule has 0 fully saturated rings. The van der Waals surface area contributed by atoms with Crippen molar-refractivity contribution in [3.05, 3.63) is 128 Å². The molecule has 0 amide bonds. The van der Waals surface area contributed by atoms with Gasteiger partial charge in [-0.1, -0.05) is 72.3 Å². The highest BCUT2D eigenvalue weighted by Gasteiger charge is 2.33. The standard InChI is InChI=1S/C42H37BrClN5O5/c1-42(24-50,41(51)52)15-14-29-19-35(43)40(49-39(29)53-23-26-18-25(20-45)21-46-22-26)54-36-13-12-32-31(5-3-6-33(32)36)34-7-2-4-30(37(34)44)27-8-10-28(11-9-27)38-47-16-17-48-38/h2-11,18-19,21-22,36,50H,12-17,23-24H2,1H3,(H,47,48)(H,51,52)/t36-,42-/m0/s1. The molecule has 0 bridgehead atoms. The first-order chi connectivity index (χ1) is 26.2. The number of nitrogens with zero attached hydrogens (tertiary/aromatic N) is 4. The van der Waals surface area contributed by atoms with Crippen LogP contribution in [0.25, 0.3) is 22.3 Å². The van der Waals surface area contributed by atoms with Gasteiger partial charge in [0.2, 0.25) is 11.8 Å². The number of nitrogens with one attached hydrogen (secondary N) is 1. The summed E-state index contributed by atoms with van der Waals surface area (Å²) in [5, 5.41) is 32.9. The maximum atomic E-state index is 11.9. The second-order valence-electron chi connectivity index (χ2n) is 13.7. The number of fused-ring (bicyclic) bond motifs is 1. The Balaban J connectivity index is 1.16. The first kappa shape index (κ1) is 37.1. The monoisotopic (exact) mass is 805 g/mol. The molecule has 7 rings (SSSR count). The first-order valence-corrected chi connectivity index (χ1v) is 18.8. The number of halogens is 2. The number of aliphatic hydroxyl groups excluding tert-OH is 1. The summed E-state index contributed by atoms with van der Waals surface area (Å²) in [7, 11) is 0. The Kier molecular flexibility index (Phi) is 11.0. The number of aliphatic imine (C=N–C) groups is 1. The minimum atomic E-state index is -1.34. The van der Waals surface area contributed by atoms with E-state index in [2.05, 4.69) is 79.8 Å². The van der Waals surface area contributed by atoms with E-state index in [1.807, 2.05) is 24.3 Å². The number of rotatable bonds is 13. The van der Waals surface area contributed by atoms with Gasteiger partial charge in [0, 0.05) is 46.8 Å². The lowest BCUT2D eigenvalue weighted by atomic mass is 9.85. The second-order valence-corrected chi connectivity index (χ2v) is 14.9. The number of nitriles is 1. The fraction of sp³-hybridized carbons (Fsp3) is 0.262. The maximum absolute atomic E-state index is 11.9. The molecular weight excluding hydrogens is 770 g/mol. The van der Waals surface area contributed by atoms with Gasteiger partial charge in [-0.3, -0.25) is 14.8 Å². The van der Waals surface area contributed by atoms with Crippen molar-refractivity contribution in [1.29, 1.82) is 5.26 Å². The number of amidine groups is 1. The van der Waals surface area contributed by atoms with E-state index < -0.39 is 18.0 Å². The van der Waals surface area contributed by atoms with Crippen LogP contribution in [0.5, 0.6) is 11.8 Å². The van der Waals surface area contributed by atoms with Gasteiger partial charge < -0.3 is 25.0 Å². The Bertz CT molecular complexity index is 2290. The highest BCUT2D eigenvalue weighted by Crippen LogP contribution is 2.45. The molecule has 54 heavy (non-hydrogen) atoms. The van der Waals surface area contributed by atoms with Gasteiger partial charge in [-0.15, -0.1) is 0 Å². The van der Waals surface area contributed by atoms with E-state index in [-0.39, 0.29) is 31.4 Å². The number of benzene rings is 3. The quantitative estimate of drug-likeness (QED) is 0.107. The molecule has 1 aliphatic heterocycles. The van der Waals surface area contributed by atoms with Crippen molar-refractivity contribution >= 4 is 39.3 Å². The number of hydrogen-bond donors (Lipinski definition) is 3. The highest BCUT2D eigenvalue weighted by molar-refractivity contribution is 9.10. The fourth-order valence-corrected chi connectivity index (χ4v) is 7.61. The number of ether oxygens (including phenoxy) is 2. The summed E-state index contributed by atoms with van der Waals surface area (Å²) in [6.45, 7) is 2.71. The summed E-state index contributed by atoms with van der Waals surface area (Å²) in [5.74, 6) is 0.415. The molecule has 3 aromatic carbocycles. The Hall–Kier alpha value is -5.28. The van der Waals surface area contributed by atoms with Crippen molar-refractivity contribution in [2.24, 2.45) is 10.4 Å². The third kappa shape index (κ3) is 7.69. The zero-order chi connectivity index (χ0) is 37.8. The van der Waals surface area contributed by atoms with Gasteiger partial charge in [-0.2, -0.15) is 10.2 Å². The number of aromatic nitrogens is 2. The molecule has 3 heterocycles. The van der Waals surface area contributed by atoms with Crippen molar-refractivity contribution in [3.8, 4) is 40.1 Å².